The van der Waals surface area contributed by atoms with Crippen LogP contribution < -0.4 is 5.32 Å². The largest absolute Gasteiger partial charge is 0.290 e. The molecule has 5 rings (SSSR count). The predicted molar refractivity (Wildman–Crippen MR) is 132 cm³/mol. The van der Waals surface area contributed by atoms with Gasteiger partial charge in [0.1, 0.15) is 0 Å². The molecule has 0 aliphatic rings. The Morgan fingerprint density at radius 3 is 2.31 bits per heavy atom. The molecule has 0 saturated carbocycles. The van der Waals surface area contributed by atoms with Crippen LogP contribution in [0.15, 0.2) is 97.1 Å². The van der Waals surface area contributed by atoms with Gasteiger partial charge in [0.15, 0.2) is 0 Å². The van der Waals surface area contributed by atoms with Gasteiger partial charge >= 0.3 is 0 Å². The third-order valence-electron chi connectivity index (χ3n) is 5.19. The minimum Gasteiger partial charge on any atom is -0.290 e. The molecule has 0 unspecified atom stereocenters. The van der Waals surface area contributed by atoms with Gasteiger partial charge in [-0.15, -0.1) is 5.10 Å². The van der Waals surface area contributed by atoms with Gasteiger partial charge in [-0.25, -0.2) is 4.98 Å². The van der Waals surface area contributed by atoms with Gasteiger partial charge < -0.3 is 0 Å². The summed E-state index contributed by atoms with van der Waals surface area (Å²) in [5.74, 6) is -0.0475. The van der Waals surface area contributed by atoms with Gasteiger partial charge in [0, 0.05) is 29.3 Å². The molecular formula is C26H18N6O3. The molecule has 9 heteroatoms. The number of non-ortho nitro benzene ring substituents is 1. The molecule has 0 spiro atoms. The highest BCUT2D eigenvalue weighted by Gasteiger charge is 2.14. The van der Waals surface area contributed by atoms with Crippen molar-refractivity contribution in [2.24, 2.45) is 0 Å². The van der Waals surface area contributed by atoms with Crippen molar-refractivity contribution in [3.8, 4) is 22.5 Å². The molecule has 170 valence electrons. The zero-order valence-corrected chi connectivity index (χ0v) is 18.3. The molecule has 0 atom stereocenters. The summed E-state index contributed by atoms with van der Waals surface area (Å²) in [4.78, 5) is 32.0. The number of fused-ring (bicyclic) bond motifs is 1. The van der Waals surface area contributed by atoms with E-state index in [4.69, 9.17) is 0 Å². The molecule has 1 amide bonds. The van der Waals surface area contributed by atoms with Crippen LogP contribution in [0.1, 0.15) is 5.56 Å². The fourth-order valence-corrected chi connectivity index (χ4v) is 3.56. The number of nitrogens with one attached hydrogen (secondary N) is 1. The first-order valence-corrected chi connectivity index (χ1v) is 10.7. The van der Waals surface area contributed by atoms with Crippen LogP contribution in [0.3, 0.4) is 0 Å². The van der Waals surface area contributed by atoms with Crippen LogP contribution >= 0.6 is 0 Å². The summed E-state index contributed by atoms with van der Waals surface area (Å²) in [7, 11) is 0. The number of nitrogens with zero attached hydrogens (tertiary/aromatic N) is 5. The lowest BCUT2D eigenvalue weighted by molar-refractivity contribution is -0.384. The molecule has 0 saturated heterocycles. The summed E-state index contributed by atoms with van der Waals surface area (Å²) in [5.41, 5.74) is 3.83. The molecule has 1 N–H and O–H groups in total. The Morgan fingerprint density at radius 1 is 0.886 bits per heavy atom. The molecule has 35 heavy (non-hydrogen) atoms. The third kappa shape index (κ3) is 4.79. The van der Waals surface area contributed by atoms with Crippen molar-refractivity contribution in [2.45, 2.75) is 0 Å². The van der Waals surface area contributed by atoms with Gasteiger partial charge in [-0.2, -0.15) is 9.50 Å². The van der Waals surface area contributed by atoms with E-state index in [0.29, 0.717) is 11.3 Å². The van der Waals surface area contributed by atoms with Crippen LogP contribution in [0.2, 0.25) is 0 Å². The van der Waals surface area contributed by atoms with Crippen LogP contribution in [0.4, 0.5) is 11.6 Å². The summed E-state index contributed by atoms with van der Waals surface area (Å²) < 4.78 is 1.58. The summed E-state index contributed by atoms with van der Waals surface area (Å²) in [6, 6.07) is 27.4. The van der Waals surface area contributed by atoms with E-state index in [1.54, 1.807) is 16.6 Å². The third-order valence-corrected chi connectivity index (χ3v) is 5.19. The second-order valence-electron chi connectivity index (χ2n) is 7.58. The monoisotopic (exact) mass is 462 g/mol. The zero-order chi connectivity index (χ0) is 24.2. The molecule has 0 bridgehead atoms. The molecule has 0 fully saturated rings. The minimum absolute atomic E-state index is 0.0525. The maximum Gasteiger partial charge on any atom is 0.270 e. The smallest absolute Gasteiger partial charge is 0.270 e. The number of anilines is 1. The number of aromatic nitrogens is 4. The summed E-state index contributed by atoms with van der Waals surface area (Å²) in [6.07, 6.45) is 2.75. The van der Waals surface area contributed by atoms with Crippen molar-refractivity contribution in [3.63, 3.8) is 0 Å². The second kappa shape index (κ2) is 9.36. The number of carbonyl (C=O) groups excluding carboxylic acids is 1. The molecule has 0 aliphatic heterocycles. The lowest BCUT2D eigenvalue weighted by atomic mass is 10.1. The van der Waals surface area contributed by atoms with E-state index >= 15 is 0 Å². The van der Waals surface area contributed by atoms with Gasteiger partial charge in [-0.05, 0) is 17.7 Å². The van der Waals surface area contributed by atoms with Gasteiger partial charge in [0.25, 0.3) is 23.3 Å². The van der Waals surface area contributed by atoms with E-state index in [-0.39, 0.29) is 11.6 Å². The highest BCUT2D eigenvalue weighted by molar-refractivity contribution is 6.01. The van der Waals surface area contributed by atoms with Gasteiger partial charge in [0.2, 0.25) is 0 Å². The van der Waals surface area contributed by atoms with Crippen molar-refractivity contribution in [1.29, 1.82) is 0 Å². The lowest BCUT2D eigenvalue weighted by Gasteiger charge is -2.07. The number of carbonyl (C=O) groups is 1. The van der Waals surface area contributed by atoms with Crippen molar-refractivity contribution in [2.75, 3.05) is 5.32 Å². The van der Waals surface area contributed by atoms with Crippen LogP contribution in [0.25, 0.3) is 34.4 Å². The van der Waals surface area contributed by atoms with E-state index < -0.39 is 10.8 Å². The molecule has 2 heterocycles. The van der Waals surface area contributed by atoms with E-state index in [2.05, 4.69) is 20.4 Å². The maximum absolute atomic E-state index is 12.5. The molecule has 2 aromatic heterocycles. The zero-order valence-electron chi connectivity index (χ0n) is 18.3. The number of benzene rings is 3. The maximum atomic E-state index is 12.5. The van der Waals surface area contributed by atoms with Crippen LogP contribution in [0, 0.1) is 10.1 Å². The Labute approximate surface area is 199 Å². The van der Waals surface area contributed by atoms with E-state index in [1.165, 1.54) is 24.3 Å². The van der Waals surface area contributed by atoms with E-state index in [9.17, 15) is 14.9 Å². The van der Waals surface area contributed by atoms with Gasteiger partial charge in [-0.1, -0.05) is 72.8 Å². The summed E-state index contributed by atoms with van der Waals surface area (Å²) in [5, 5.41) is 18.0. The van der Waals surface area contributed by atoms with Crippen molar-refractivity contribution in [3.05, 3.63) is 113 Å². The summed E-state index contributed by atoms with van der Waals surface area (Å²) >= 11 is 0. The topological polar surface area (TPSA) is 115 Å². The Bertz CT molecular complexity index is 1560. The Kier molecular flexibility index (Phi) is 5.79. The molecular weight excluding hydrogens is 444 g/mol. The Morgan fingerprint density at radius 2 is 1.60 bits per heavy atom. The predicted octanol–water partition coefficient (Wildman–Crippen LogP) is 5.02. The number of rotatable bonds is 6. The number of hydrogen-bond donors (Lipinski definition) is 1. The highest BCUT2D eigenvalue weighted by Crippen LogP contribution is 2.26. The first-order chi connectivity index (χ1) is 17.1. The van der Waals surface area contributed by atoms with Gasteiger partial charge in [-0.3, -0.25) is 20.2 Å². The number of hydrogen-bond acceptors (Lipinski definition) is 6. The Balaban J connectivity index is 1.47. The second-order valence-corrected chi connectivity index (χ2v) is 7.58. The normalized spacial score (nSPS) is 11.1. The average Bonchev–Trinajstić information content (AvgIpc) is 3.30. The first kappa shape index (κ1) is 21.7. The quantitative estimate of drug-likeness (QED) is 0.215. The standard InChI is InChI=1S/C26H18N6O3/c33-24(15-14-18-8-7-13-21(16-18)32(34)35)28-25-29-26-27-22(19-9-3-1-4-10-19)17-23(31(26)30-25)20-11-5-2-6-12-20/h1-17H,(H,28,30,33)/b15-14+. The molecule has 9 nitrogen and oxygen atoms in total. The van der Waals surface area contributed by atoms with Crippen LogP contribution in [0.5, 0.6) is 0 Å². The Hall–Kier alpha value is -5.18. The molecule has 0 aliphatic carbocycles. The number of nitro groups is 1. The number of nitro benzene ring substituents is 1. The highest BCUT2D eigenvalue weighted by atomic mass is 16.6. The number of amides is 1. The average molecular weight is 462 g/mol. The van der Waals surface area contributed by atoms with Crippen molar-refractivity contribution < 1.29 is 9.72 Å². The van der Waals surface area contributed by atoms with E-state index in [1.807, 2.05) is 66.7 Å². The van der Waals surface area contributed by atoms with Crippen molar-refractivity contribution >= 4 is 29.4 Å². The fourth-order valence-electron chi connectivity index (χ4n) is 3.56. The lowest BCUT2D eigenvalue weighted by Crippen LogP contribution is -2.09. The molecule has 5 aromatic rings. The van der Waals surface area contributed by atoms with Gasteiger partial charge in [0.05, 0.1) is 16.3 Å². The van der Waals surface area contributed by atoms with Crippen molar-refractivity contribution in [1.82, 2.24) is 19.6 Å². The van der Waals surface area contributed by atoms with Crippen LogP contribution in [-0.2, 0) is 4.79 Å². The molecule has 3 aromatic carbocycles. The van der Waals surface area contributed by atoms with Crippen LogP contribution in [-0.4, -0.2) is 30.4 Å². The molecule has 0 radical (unpaired) electrons. The summed E-state index contributed by atoms with van der Waals surface area (Å²) in [6.45, 7) is 0. The first-order valence-electron chi connectivity index (χ1n) is 10.7. The fraction of sp³-hybridized carbons (Fsp3) is 0. The van der Waals surface area contributed by atoms with E-state index in [0.717, 1.165) is 22.5 Å². The SMILES string of the molecule is O=C(/C=C/c1cccc([N+](=O)[O-])c1)Nc1nc2nc(-c3ccccc3)cc(-c3ccccc3)n2n1. The minimum atomic E-state index is -0.487.